The second-order valence-electron chi connectivity index (χ2n) is 3.65. The highest BCUT2D eigenvalue weighted by molar-refractivity contribution is 5.73. The van der Waals surface area contributed by atoms with Crippen molar-refractivity contribution in [3.8, 4) is 0 Å². The maximum Gasteiger partial charge on any atom is 0.217 e. The van der Waals surface area contributed by atoms with Crippen LogP contribution in [0.25, 0.3) is 0 Å². The van der Waals surface area contributed by atoms with Gasteiger partial charge in [0.2, 0.25) is 5.91 Å². The topological polar surface area (TPSA) is 49.3 Å². The molecule has 74 valence electrons. The van der Waals surface area contributed by atoms with Crippen molar-refractivity contribution < 1.29 is 9.90 Å². The fourth-order valence-electron chi connectivity index (χ4n) is 1.96. The normalized spacial score (nSPS) is 24.4. The zero-order valence-corrected chi connectivity index (χ0v) is 8.03. The number of hydrogen-bond acceptors (Lipinski definition) is 2. The number of aliphatic hydroxyl groups excluding tert-OH is 1. The lowest BCUT2D eigenvalue weighted by Gasteiger charge is -2.15. The Hall–Kier alpha value is -1.35. The lowest BCUT2D eigenvalue weighted by Crippen LogP contribution is -2.36. The van der Waals surface area contributed by atoms with Gasteiger partial charge in [-0.2, -0.15) is 0 Å². The summed E-state index contributed by atoms with van der Waals surface area (Å²) in [6.45, 7) is 1.47. The minimum absolute atomic E-state index is 0.0955. The molecule has 1 amide bonds. The maximum absolute atomic E-state index is 10.9. The number of amides is 1. The molecule has 3 nitrogen and oxygen atoms in total. The number of benzene rings is 1. The summed E-state index contributed by atoms with van der Waals surface area (Å²) >= 11 is 0. The third-order valence-electron chi connectivity index (χ3n) is 2.58. The van der Waals surface area contributed by atoms with Crippen molar-refractivity contribution in [3.05, 3.63) is 35.4 Å². The highest BCUT2D eigenvalue weighted by atomic mass is 16.3. The fraction of sp³-hybridized carbons (Fsp3) is 0.364. The summed E-state index contributed by atoms with van der Waals surface area (Å²) in [5, 5.41) is 12.6. The van der Waals surface area contributed by atoms with E-state index in [2.05, 4.69) is 5.32 Å². The van der Waals surface area contributed by atoms with Gasteiger partial charge in [0.1, 0.15) is 0 Å². The molecule has 0 saturated carbocycles. The molecular formula is C11H13NO2. The number of carbonyl (C=O) groups is 1. The smallest absolute Gasteiger partial charge is 0.217 e. The summed E-state index contributed by atoms with van der Waals surface area (Å²) in [6.07, 6.45) is 0.159. The molecule has 1 aliphatic carbocycles. The van der Waals surface area contributed by atoms with Crippen LogP contribution in [0.4, 0.5) is 0 Å². The standard InChI is InChI=1S/C11H13NO2/c1-7(13)12-10-6-8-4-2-3-5-9(8)11(10)14/h2-5,10-11,14H,6H2,1H3,(H,12,13)/t10-,11-/m0/s1. The molecule has 2 N–H and O–H groups in total. The average Bonchev–Trinajstić information content (AvgIpc) is 2.44. The summed E-state index contributed by atoms with van der Waals surface area (Å²) < 4.78 is 0. The van der Waals surface area contributed by atoms with E-state index in [1.165, 1.54) is 6.92 Å². The first kappa shape index (κ1) is 9.21. The SMILES string of the molecule is CC(=O)N[C@H]1Cc2ccccc2[C@@H]1O. The van der Waals surface area contributed by atoms with Gasteiger partial charge >= 0.3 is 0 Å². The summed E-state index contributed by atoms with van der Waals surface area (Å²) in [5.74, 6) is -0.0955. The van der Waals surface area contributed by atoms with Crippen LogP contribution in [0.15, 0.2) is 24.3 Å². The van der Waals surface area contributed by atoms with Gasteiger partial charge in [-0.25, -0.2) is 0 Å². The summed E-state index contributed by atoms with van der Waals surface area (Å²) in [7, 11) is 0. The molecular weight excluding hydrogens is 178 g/mol. The van der Waals surface area contributed by atoms with E-state index in [0.29, 0.717) is 0 Å². The van der Waals surface area contributed by atoms with Crippen molar-refractivity contribution >= 4 is 5.91 Å². The minimum Gasteiger partial charge on any atom is -0.386 e. The molecule has 2 atom stereocenters. The molecule has 0 spiro atoms. The zero-order valence-electron chi connectivity index (χ0n) is 8.03. The van der Waals surface area contributed by atoms with Crippen LogP contribution in [0.5, 0.6) is 0 Å². The molecule has 0 unspecified atom stereocenters. The van der Waals surface area contributed by atoms with E-state index in [4.69, 9.17) is 0 Å². The van der Waals surface area contributed by atoms with Crippen LogP contribution in [-0.4, -0.2) is 17.1 Å². The first-order valence-electron chi connectivity index (χ1n) is 4.71. The molecule has 0 radical (unpaired) electrons. The van der Waals surface area contributed by atoms with E-state index >= 15 is 0 Å². The van der Waals surface area contributed by atoms with Gasteiger partial charge in [-0.3, -0.25) is 4.79 Å². The van der Waals surface area contributed by atoms with Crippen LogP contribution in [0.3, 0.4) is 0 Å². The van der Waals surface area contributed by atoms with Gasteiger partial charge in [0.15, 0.2) is 0 Å². The molecule has 0 fully saturated rings. The van der Waals surface area contributed by atoms with Gasteiger partial charge in [0.25, 0.3) is 0 Å². The van der Waals surface area contributed by atoms with Gasteiger partial charge in [0.05, 0.1) is 12.1 Å². The number of nitrogens with one attached hydrogen (secondary N) is 1. The summed E-state index contributed by atoms with van der Waals surface area (Å²) in [4.78, 5) is 10.9. The van der Waals surface area contributed by atoms with E-state index < -0.39 is 6.10 Å². The van der Waals surface area contributed by atoms with Crippen molar-refractivity contribution in [2.45, 2.75) is 25.5 Å². The van der Waals surface area contributed by atoms with E-state index in [-0.39, 0.29) is 11.9 Å². The third kappa shape index (κ3) is 1.51. The van der Waals surface area contributed by atoms with Crippen LogP contribution in [-0.2, 0) is 11.2 Å². The molecule has 0 bridgehead atoms. The molecule has 1 aromatic carbocycles. The van der Waals surface area contributed by atoms with Crippen molar-refractivity contribution in [2.75, 3.05) is 0 Å². The van der Waals surface area contributed by atoms with Crippen molar-refractivity contribution in [2.24, 2.45) is 0 Å². The quantitative estimate of drug-likeness (QED) is 0.689. The van der Waals surface area contributed by atoms with E-state index in [9.17, 15) is 9.90 Å². The number of fused-ring (bicyclic) bond motifs is 1. The van der Waals surface area contributed by atoms with Crippen LogP contribution >= 0.6 is 0 Å². The molecule has 0 heterocycles. The van der Waals surface area contributed by atoms with Crippen LogP contribution in [0.2, 0.25) is 0 Å². The Balaban J connectivity index is 2.21. The average molecular weight is 191 g/mol. The Kier molecular flexibility index (Phi) is 2.25. The maximum atomic E-state index is 10.9. The predicted molar refractivity (Wildman–Crippen MR) is 52.7 cm³/mol. The summed E-state index contributed by atoms with van der Waals surface area (Å²) in [5.41, 5.74) is 2.06. The minimum atomic E-state index is -0.560. The monoisotopic (exact) mass is 191 g/mol. The molecule has 0 saturated heterocycles. The third-order valence-corrected chi connectivity index (χ3v) is 2.58. The molecule has 1 aliphatic rings. The van der Waals surface area contributed by atoms with Gasteiger partial charge in [-0.05, 0) is 17.5 Å². The second kappa shape index (κ2) is 3.42. The Bertz CT molecular complexity index is 362. The number of hydrogen-bond donors (Lipinski definition) is 2. The van der Waals surface area contributed by atoms with E-state index in [1.807, 2.05) is 24.3 Å². The first-order valence-corrected chi connectivity index (χ1v) is 4.71. The molecule has 0 aromatic heterocycles. The van der Waals surface area contributed by atoms with Crippen molar-refractivity contribution in [1.82, 2.24) is 5.32 Å². The number of rotatable bonds is 1. The first-order chi connectivity index (χ1) is 6.68. The zero-order chi connectivity index (χ0) is 10.1. The Morgan fingerprint density at radius 2 is 2.21 bits per heavy atom. The Labute approximate surface area is 82.8 Å². The van der Waals surface area contributed by atoms with Gasteiger partial charge in [-0.1, -0.05) is 24.3 Å². The van der Waals surface area contributed by atoms with Gasteiger partial charge in [-0.15, -0.1) is 0 Å². The predicted octanol–water partition coefficient (Wildman–Crippen LogP) is 0.781. The van der Waals surface area contributed by atoms with Gasteiger partial charge < -0.3 is 10.4 Å². The van der Waals surface area contributed by atoms with Crippen LogP contribution < -0.4 is 5.32 Å². The summed E-state index contributed by atoms with van der Waals surface area (Å²) in [6, 6.07) is 7.58. The molecule has 3 heteroatoms. The molecule has 14 heavy (non-hydrogen) atoms. The Morgan fingerprint density at radius 1 is 1.50 bits per heavy atom. The van der Waals surface area contributed by atoms with E-state index in [1.54, 1.807) is 0 Å². The van der Waals surface area contributed by atoms with Crippen LogP contribution in [0, 0.1) is 0 Å². The number of carbonyl (C=O) groups excluding carboxylic acids is 1. The Morgan fingerprint density at radius 3 is 2.86 bits per heavy atom. The number of aliphatic hydroxyl groups is 1. The van der Waals surface area contributed by atoms with Crippen molar-refractivity contribution in [3.63, 3.8) is 0 Å². The second-order valence-corrected chi connectivity index (χ2v) is 3.65. The van der Waals surface area contributed by atoms with Crippen LogP contribution in [0.1, 0.15) is 24.2 Å². The lowest BCUT2D eigenvalue weighted by molar-refractivity contribution is -0.120. The highest BCUT2D eigenvalue weighted by Crippen LogP contribution is 2.30. The van der Waals surface area contributed by atoms with E-state index in [0.717, 1.165) is 17.5 Å². The van der Waals surface area contributed by atoms with Gasteiger partial charge in [0, 0.05) is 6.92 Å². The molecule has 1 aromatic rings. The lowest BCUT2D eigenvalue weighted by atomic mass is 10.1. The fourth-order valence-corrected chi connectivity index (χ4v) is 1.96. The largest absolute Gasteiger partial charge is 0.386 e. The molecule has 2 rings (SSSR count). The highest BCUT2D eigenvalue weighted by Gasteiger charge is 2.30. The van der Waals surface area contributed by atoms with Crippen molar-refractivity contribution in [1.29, 1.82) is 0 Å². The molecule has 0 aliphatic heterocycles.